The second kappa shape index (κ2) is 9.90. The highest BCUT2D eigenvalue weighted by atomic mass is 28.2. The SMILES string of the molecule is c1ccc2c(c1)[SiH2]c1cc(-n3c4ccc(-c5cccc6ccccc56)cc4c4cc(-c5cccc6ccccc56)ccc43)ccc1-2. The molecule has 8 aromatic carbocycles. The Labute approximate surface area is 269 Å². The number of fused-ring (bicyclic) bond motifs is 8. The maximum absolute atomic E-state index is 2.49. The van der Waals surface area contributed by atoms with Gasteiger partial charge >= 0.3 is 0 Å². The molecule has 1 aliphatic heterocycles. The van der Waals surface area contributed by atoms with Crippen LogP contribution < -0.4 is 10.4 Å². The summed E-state index contributed by atoms with van der Waals surface area (Å²) in [5.41, 5.74) is 11.6. The minimum atomic E-state index is -0.509. The van der Waals surface area contributed by atoms with Crippen molar-refractivity contribution in [2.75, 3.05) is 0 Å². The molecule has 2 heteroatoms. The third kappa shape index (κ3) is 3.81. The average molecular weight is 600 g/mol. The smallest absolute Gasteiger partial charge is 0.0892 e. The number of aromatic nitrogens is 1. The summed E-state index contributed by atoms with van der Waals surface area (Å²) in [6.45, 7) is 0. The Kier molecular flexibility index (Phi) is 5.51. The fourth-order valence-corrected chi connectivity index (χ4v) is 9.83. The van der Waals surface area contributed by atoms with Gasteiger partial charge in [-0.3, -0.25) is 0 Å². The molecule has 0 amide bonds. The van der Waals surface area contributed by atoms with Gasteiger partial charge in [0.2, 0.25) is 0 Å². The van der Waals surface area contributed by atoms with E-state index < -0.39 is 9.52 Å². The van der Waals surface area contributed by atoms with Crippen LogP contribution in [0.4, 0.5) is 0 Å². The first-order valence-corrected chi connectivity index (χ1v) is 17.5. The zero-order valence-electron chi connectivity index (χ0n) is 25.2. The lowest BCUT2D eigenvalue weighted by molar-refractivity contribution is 1.18. The summed E-state index contributed by atoms with van der Waals surface area (Å²) < 4.78 is 2.49. The summed E-state index contributed by atoms with van der Waals surface area (Å²) in [4.78, 5) is 0. The highest BCUT2D eigenvalue weighted by Gasteiger charge is 2.21. The van der Waals surface area contributed by atoms with Gasteiger partial charge in [-0.25, -0.2) is 0 Å². The van der Waals surface area contributed by atoms with Crippen LogP contribution in [0.25, 0.3) is 82.4 Å². The molecule has 0 unspecified atom stereocenters. The molecule has 9 aromatic rings. The second-order valence-corrected chi connectivity index (χ2v) is 14.4. The Morgan fingerprint density at radius 1 is 0.348 bits per heavy atom. The molecule has 46 heavy (non-hydrogen) atoms. The van der Waals surface area contributed by atoms with E-state index in [1.165, 1.54) is 87.6 Å². The third-order valence-electron chi connectivity index (χ3n) is 10.0. The highest BCUT2D eigenvalue weighted by molar-refractivity contribution is 6.73. The molecule has 1 aromatic heterocycles. The second-order valence-electron chi connectivity index (χ2n) is 12.5. The van der Waals surface area contributed by atoms with Gasteiger partial charge in [-0.05, 0) is 91.3 Å². The first-order chi connectivity index (χ1) is 22.8. The van der Waals surface area contributed by atoms with Crippen molar-refractivity contribution in [2.24, 2.45) is 0 Å². The summed E-state index contributed by atoms with van der Waals surface area (Å²) in [6.07, 6.45) is 0. The molecule has 0 N–H and O–H groups in total. The van der Waals surface area contributed by atoms with Gasteiger partial charge in [0.25, 0.3) is 0 Å². The normalized spacial score (nSPS) is 12.8. The van der Waals surface area contributed by atoms with Gasteiger partial charge in [0.15, 0.2) is 0 Å². The van der Waals surface area contributed by atoms with E-state index in [9.17, 15) is 0 Å². The van der Waals surface area contributed by atoms with E-state index in [4.69, 9.17) is 0 Å². The fourth-order valence-electron chi connectivity index (χ4n) is 7.86. The molecular weight excluding hydrogens is 571 g/mol. The first kappa shape index (κ1) is 25.6. The Morgan fingerprint density at radius 2 is 0.870 bits per heavy atom. The minimum Gasteiger partial charge on any atom is -0.309 e. The quantitative estimate of drug-likeness (QED) is 0.178. The predicted octanol–water partition coefficient (Wildman–Crippen LogP) is 9.52. The van der Waals surface area contributed by atoms with Crippen molar-refractivity contribution in [3.8, 4) is 39.1 Å². The van der Waals surface area contributed by atoms with Gasteiger partial charge in [-0.2, -0.15) is 0 Å². The minimum absolute atomic E-state index is 0.509. The summed E-state index contributed by atoms with van der Waals surface area (Å²) in [5, 5.41) is 10.8. The topological polar surface area (TPSA) is 4.93 Å². The summed E-state index contributed by atoms with van der Waals surface area (Å²) in [6, 6.07) is 60.9. The van der Waals surface area contributed by atoms with Crippen molar-refractivity contribution in [3.05, 3.63) is 164 Å². The maximum atomic E-state index is 2.49. The zero-order chi connectivity index (χ0) is 30.2. The standard InChI is InChI=1S/C44H29NSi/c1-3-13-33-28(9-1)11-7-16-35(33)30-19-23-41-39(25-30)40-26-31(36-17-8-12-29-10-2-4-14-34(29)36)20-24-42(40)45(41)32-21-22-38-37-15-5-6-18-43(37)46-44(38)27-32/h1-27H,46H2. The molecule has 1 nitrogen and oxygen atoms in total. The highest BCUT2D eigenvalue weighted by Crippen LogP contribution is 2.39. The van der Waals surface area contributed by atoms with Gasteiger partial charge in [-0.1, -0.05) is 138 Å². The van der Waals surface area contributed by atoms with Crippen molar-refractivity contribution in [2.45, 2.75) is 0 Å². The molecule has 0 radical (unpaired) electrons. The molecule has 0 fully saturated rings. The lowest BCUT2D eigenvalue weighted by Gasteiger charge is -2.12. The Hall–Kier alpha value is -5.70. The molecule has 10 rings (SSSR count). The first-order valence-electron chi connectivity index (χ1n) is 16.1. The molecular formula is C44H29NSi. The zero-order valence-corrected chi connectivity index (χ0v) is 26.7. The summed E-state index contributed by atoms with van der Waals surface area (Å²) >= 11 is 0. The molecule has 0 saturated carbocycles. The van der Waals surface area contributed by atoms with E-state index in [-0.39, 0.29) is 0 Å². The lowest BCUT2D eigenvalue weighted by Crippen LogP contribution is -2.21. The number of rotatable bonds is 3. The summed E-state index contributed by atoms with van der Waals surface area (Å²) in [5.74, 6) is 0. The summed E-state index contributed by atoms with van der Waals surface area (Å²) in [7, 11) is -0.509. The molecule has 214 valence electrons. The number of hydrogen-bond donors (Lipinski definition) is 0. The van der Waals surface area contributed by atoms with E-state index in [0.717, 1.165) is 0 Å². The van der Waals surface area contributed by atoms with Crippen LogP contribution in [-0.4, -0.2) is 14.1 Å². The van der Waals surface area contributed by atoms with E-state index in [1.54, 1.807) is 5.19 Å². The predicted molar refractivity (Wildman–Crippen MR) is 200 cm³/mol. The molecule has 0 saturated heterocycles. The van der Waals surface area contributed by atoms with Crippen LogP contribution >= 0.6 is 0 Å². The lowest BCUT2D eigenvalue weighted by atomic mass is 9.95. The van der Waals surface area contributed by atoms with E-state index in [1.807, 2.05) is 0 Å². The van der Waals surface area contributed by atoms with Gasteiger partial charge in [-0.15, -0.1) is 0 Å². The number of benzene rings is 8. The molecule has 0 aliphatic carbocycles. The molecule has 0 bridgehead atoms. The van der Waals surface area contributed by atoms with Gasteiger partial charge in [0.1, 0.15) is 0 Å². The molecule has 0 atom stereocenters. The van der Waals surface area contributed by atoms with Crippen LogP contribution in [-0.2, 0) is 0 Å². The number of hydrogen-bond acceptors (Lipinski definition) is 0. The third-order valence-corrected chi connectivity index (χ3v) is 12.0. The molecule has 2 heterocycles. The van der Waals surface area contributed by atoms with Gasteiger partial charge in [0, 0.05) is 16.5 Å². The van der Waals surface area contributed by atoms with Gasteiger partial charge in [0.05, 0.1) is 20.6 Å². The van der Waals surface area contributed by atoms with Crippen LogP contribution in [0.1, 0.15) is 0 Å². The Bertz CT molecular complexity index is 2530. The van der Waals surface area contributed by atoms with Crippen molar-refractivity contribution < 1.29 is 0 Å². The largest absolute Gasteiger partial charge is 0.309 e. The van der Waals surface area contributed by atoms with E-state index >= 15 is 0 Å². The number of nitrogens with zero attached hydrogens (tertiary/aromatic N) is 1. The van der Waals surface area contributed by atoms with Crippen molar-refractivity contribution in [3.63, 3.8) is 0 Å². The molecule has 0 spiro atoms. The van der Waals surface area contributed by atoms with Crippen LogP contribution in [0.15, 0.2) is 164 Å². The van der Waals surface area contributed by atoms with Crippen LogP contribution in [0.3, 0.4) is 0 Å². The van der Waals surface area contributed by atoms with E-state index in [0.29, 0.717) is 0 Å². The van der Waals surface area contributed by atoms with E-state index in [2.05, 4.69) is 168 Å². The fraction of sp³-hybridized carbons (Fsp3) is 0. The van der Waals surface area contributed by atoms with Gasteiger partial charge < -0.3 is 4.57 Å². The molecule has 1 aliphatic rings. The monoisotopic (exact) mass is 599 g/mol. The van der Waals surface area contributed by atoms with Crippen LogP contribution in [0.5, 0.6) is 0 Å². The maximum Gasteiger partial charge on any atom is 0.0892 e. The van der Waals surface area contributed by atoms with Crippen molar-refractivity contribution >= 4 is 63.2 Å². The Morgan fingerprint density at radius 3 is 1.52 bits per heavy atom. The van der Waals surface area contributed by atoms with Crippen molar-refractivity contribution in [1.82, 2.24) is 4.57 Å². The average Bonchev–Trinajstić information content (AvgIpc) is 3.65. The Balaban J connectivity index is 1.23. The van der Waals surface area contributed by atoms with Crippen molar-refractivity contribution in [1.29, 1.82) is 0 Å². The van der Waals surface area contributed by atoms with Crippen LogP contribution in [0, 0.1) is 0 Å². The van der Waals surface area contributed by atoms with Crippen LogP contribution in [0.2, 0.25) is 0 Å².